The maximum atomic E-state index is 12.8. The third kappa shape index (κ3) is 3.90. The predicted molar refractivity (Wildman–Crippen MR) is 74.9 cm³/mol. The van der Waals surface area contributed by atoms with Gasteiger partial charge in [-0.2, -0.15) is 0 Å². The first kappa shape index (κ1) is 14.2. The van der Waals surface area contributed by atoms with Crippen LogP contribution in [0.25, 0.3) is 0 Å². The first-order chi connectivity index (χ1) is 9.69. The number of benzene rings is 2. The van der Waals surface area contributed by atoms with Crippen LogP contribution in [0.15, 0.2) is 54.6 Å². The highest BCUT2D eigenvalue weighted by molar-refractivity contribution is 5.94. The quantitative estimate of drug-likeness (QED) is 0.877. The van der Waals surface area contributed by atoms with E-state index < -0.39 is 0 Å². The van der Waals surface area contributed by atoms with Gasteiger partial charge in [-0.05, 0) is 36.2 Å². The molecule has 20 heavy (non-hydrogen) atoms. The average molecular weight is 273 g/mol. The molecule has 0 aliphatic heterocycles. The van der Waals surface area contributed by atoms with Crippen molar-refractivity contribution in [1.29, 1.82) is 0 Å². The van der Waals surface area contributed by atoms with Gasteiger partial charge in [0.15, 0.2) is 0 Å². The van der Waals surface area contributed by atoms with E-state index in [1.165, 1.54) is 24.3 Å². The van der Waals surface area contributed by atoms with E-state index in [1.54, 1.807) is 0 Å². The Morgan fingerprint density at radius 1 is 1.10 bits per heavy atom. The van der Waals surface area contributed by atoms with Crippen molar-refractivity contribution in [2.24, 2.45) is 0 Å². The lowest BCUT2D eigenvalue weighted by molar-refractivity contribution is 0.0916. The van der Waals surface area contributed by atoms with Crippen LogP contribution in [0.5, 0.6) is 0 Å². The number of halogens is 1. The maximum Gasteiger partial charge on any atom is 0.251 e. The fourth-order valence-corrected chi connectivity index (χ4v) is 1.93. The topological polar surface area (TPSA) is 49.3 Å². The average Bonchev–Trinajstić information content (AvgIpc) is 2.48. The predicted octanol–water partition coefficient (Wildman–Crippen LogP) is 2.16. The largest absolute Gasteiger partial charge is 0.394 e. The van der Waals surface area contributed by atoms with Crippen molar-refractivity contribution in [2.45, 2.75) is 12.5 Å². The third-order valence-electron chi connectivity index (χ3n) is 2.99. The van der Waals surface area contributed by atoms with Gasteiger partial charge < -0.3 is 10.4 Å². The third-order valence-corrected chi connectivity index (χ3v) is 2.99. The van der Waals surface area contributed by atoms with Gasteiger partial charge in [0, 0.05) is 5.56 Å². The van der Waals surface area contributed by atoms with Crippen LogP contribution in [-0.4, -0.2) is 23.7 Å². The summed E-state index contributed by atoms with van der Waals surface area (Å²) in [6, 6.07) is 14.5. The van der Waals surface area contributed by atoms with E-state index in [0.29, 0.717) is 12.0 Å². The molecule has 0 spiro atoms. The van der Waals surface area contributed by atoms with Crippen LogP contribution < -0.4 is 5.32 Å². The van der Waals surface area contributed by atoms with Crippen LogP contribution in [0.3, 0.4) is 0 Å². The molecule has 1 atom stereocenters. The second-order valence-corrected chi connectivity index (χ2v) is 4.55. The molecular formula is C16H16FNO2. The molecule has 2 aromatic rings. The summed E-state index contributed by atoms with van der Waals surface area (Å²) >= 11 is 0. The van der Waals surface area contributed by atoms with E-state index >= 15 is 0 Å². The van der Waals surface area contributed by atoms with Gasteiger partial charge >= 0.3 is 0 Å². The molecule has 0 bridgehead atoms. The smallest absolute Gasteiger partial charge is 0.251 e. The number of rotatable bonds is 5. The second-order valence-electron chi connectivity index (χ2n) is 4.55. The molecule has 0 fully saturated rings. The van der Waals surface area contributed by atoms with Crippen molar-refractivity contribution in [2.75, 3.05) is 6.61 Å². The zero-order valence-electron chi connectivity index (χ0n) is 10.9. The molecular weight excluding hydrogens is 257 g/mol. The fraction of sp³-hybridized carbons (Fsp3) is 0.188. The summed E-state index contributed by atoms with van der Waals surface area (Å²) in [5.41, 5.74) is 1.41. The first-order valence-electron chi connectivity index (χ1n) is 6.40. The van der Waals surface area contributed by atoms with Crippen LogP contribution in [0.4, 0.5) is 4.39 Å². The standard InChI is InChI=1S/C16H16FNO2/c17-14-8-6-13(7-9-14)16(20)18-15(11-19)10-12-4-2-1-3-5-12/h1-9,15,19H,10-11H2,(H,18,20). The Morgan fingerprint density at radius 2 is 1.75 bits per heavy atom. The van der Waals surface area contributed by atoms with Crippen LogP contribution in [-0.2, 0) is 6.42 Å². The fourth-order valence-electron chi connectivity index (χ4n) is 1.93. The zero-order valence-corrected chi connectivity index (χ0v) is 10.9. The van der Waals surface area contributed by atoms with Crippen LogP contribution >= 0.6 is 0 Å². The molecule has 3 nitrogen and oxygen atoms in total. The van der Waals surface area contributed by atoms with Gasteiger partial charge in [0.25, 0.3) is 5.91 Å². The van der Waals surface area contributed by atoms with Crippen molar-refractivity contribution in [3.8, 4) is 0 Å². The van der Waals surface area contributed by atoms with Crippen LogP contribution in [0.2, 0.25) is 0 Å². The van der Waals surface area contributed by atoms with Crippen molar-refractivity contribution in [3.63, 3.8) is 0 Å². The summed E-state index contributed by atoms with van der Waals surface area (Å²) in [6.45, 7) is -0.151. The molecule has 0 saturated carbocycles. The van der Waals surface area contributed by atoms with Crippen molar-refractivity contribution in [3.05, 3.63) is 71.5 Å². The SMILES string of the molecule is O=C(NC(CO)Cc1ccccc1)c1ccc(F)cc1. The highest BCUT2D eigenvalue weighted by Crippen LogP contribution is 2.06. The number of aliphatic hydroxyl groups excluding tert-OH is 1. The number of hydrogen-bond donors (Lipinski definition) is 2. The monoisotopic (exact) mass is 273 g/mol. The maximum absolute atomic E-state index is 12.8. The Hall–Kier alpha value is -2.20. The van der Waals surface area contributed by atoms with Gasteiger partial charge in [0.2, 0.25) is 0 Å². The molecule has 104 valence electrons. The molecule has 4 heteroatoms. The number of carbonyl (C=O) groups is 1. The van der Waals surface area contributed by atoms with Crippen LogP contribution in [0, 0.1) is 5.82 Å². The summed E-state index contributed by atoms with van der Waals surface area (Å²) in [7, 11) is 0. The van der Waals surface area contributed by atoms with Gasteiger partial charge in [-0.3, -0.25) is 4.79 Å². The molecule has 0 aliphatic rings. The van der Waals surface area contributed by atoms with Gasteiger partial charge in [0.05, 0.1) is 12.6 Å². The number of carbonyl (C=O) groups excluding carboxylic acids is 1. The number of aliphatic hydroxyl groups is 1. The lowest BCUT2D eigenvalue weighted by Crippen LogP contribution is -2.39. The highest BCUT2D eigenvalue weighted by Gasteiger charge is 2.13. The molecule has 1 unspecified atom stereocenters. The summed E-state index contributed by atoms with van der Waals surface area (Å²) in [5.74, 6) is -0.704. The van der Waals surface area contributed by atoms with Gasteiger partial charge in [-0.25, -0.2) is 4.39 Å². The molecule has 2 aromatic carbocycles. The lowest BCUT2D eigenvalue weighted by atomic mass is 10.1. The first-order valence-corrected chi connectivity index (χ1v) is 6.40. The van der Waals surface area contributed by atoms with Crippen LogP contribution in [0.1, 0.15) is 15.9 Å². The summed E-state index contributed by atoms with van der Waals surface area (Å²) in [4.78, 5) is 12.0. The number of nitrogens with one attached hydrogen (secondary N) is 1. The second kappa shape index (κ2) is 6.82. The van der Waals surface area contributed by atoms with Crippen molar-refractivity contribution in [1.82, 2.24) is 5.32 Å². The minimum Gasteiger partial charge on any atom is -0.394 e. The van der Waals surface area contributed by atoms with E-state index in [2.05, 4.69) is 5.32 Å². The summed E-state index contributed by atoms with van der Waals surface area (Å²) < 4.78 is 12.8. The molecule has 0 heterocycles. The minimum absolute atomic E-state index is 0.151. The van der Waals surface area contributed by atoms with Crippen molar-refractivity contribution >= 4 is 5.91 Å². The normalized spacial score (nSPS) is 11.9. The number of amides is 1. The van der Waals surface area contributed by atoms with Gasteiger partial charge in [-0.15, -0.1) is 0 Å². The lowest BCUT2D eigenvalue weighted by Gasteiger charge is -2.16. The van der Waals surface area contributed by atoms with E-state index in [4.69, 9.17) is 0 Å². The van der Waals surface area contributed by atoms with E-state index in [0.717, 1.165) is 5.56 Å². The molecule has 1 amide bonds. The van der Waals surface area contributed by atoms with Gasteiger partial charge in [0.1, 0.15) is 5.82 Å². The highest BCUT2D eigenvalue weighted by atomic mass is 19.1. The van der Waals surface area contributed by atoms with E-state index in [9.17, 15) is 14.3 Å². The molecule has 2 rings (SSSR count). The van der Waals surface area contributed by atoms with E-state index in [-0.39, 0.29) is 24.4 Å². The summed E-state index contributed by atoms with van der Waals surface area (Å²) in [5, 5.41) is 12.1. The summed E-state index contributed by atoms with van der Waals surface area (Å²) in [6.07, 6.45) is 0.546. The Balaban J connectivity index is 1.99. The molecule has 0 aliphatic carbocycles. The molecule has 2 N–H and O–H groups in total. The molecule has 0 aromatic heterocycles. The Labute approximate surface area is 117 Å². The van der Waals surface area contributed by atoms with Gasteiger partial charge in [-0.1, -0.05) is 30.3 Å². The molecule has 0 saturated heterocycles. The van der Waals surface area contributed by atoms with Crippen molar-refractivity contribution < 1.29 is 14.3 Å². The Kier molecular flexibility index (Phi) is 4.85. The zero-order chi connectivity index (χ0) is 14.4. The number of hydrogen-bond acceptors (Lipinski definition) is 2. The Morgan fingerprint density at radius 3 is 2.35 bits per heavy atom. The van der Waals surface area contributed by atoms with E-state index in [1.807, 2.05) is 30.3 Å². The molecule has 0 radical (unpaired) electrons. The Bertz CT molecular complexity index is 554. The minimum atomic E-state index is -0.385.